The van der Waals surface area contributed by atoms with Crippen LogP contribution < -0.4 is 43.8 Å². The summed E-state index contributed by atoms with van der Waals surface area (Å²) in [5.41, 5.74) is 6.74. The van der Waals surface area contributed by atoms with Gasteiger partial charge in [-0.05, 0) is 64.7 Å². The van der Waals surface area contributed by atoms with Crippen LogP contribution in [0.3, 0.4) is 0 Å². The molecule has 0 aromatic heterocycles. The third-order valence-corrected chi connectivity index (χ3v) is 10.5. The maximum absolute atomic E-state index is 11.5. The molecule has 4 aromatic carbocycles. The van der Waals surface area contributed by atoms with Crippen LogP contribution in [0.25, 0.3) is 0 Å². The van der Waals surface area contributed by atoms with Gasteiger partial charge >= 0.3 is 0 Å². The molecular formula is C38H44Cl2N2O6. The van der Waals surface area contributed by atoms with Crippen LogP contribution in [0.4, 0.5) is 0 Å². The maximum atomic E-state index is 11.5. The highest BCUT2D eigenvalue weighted by atomic mass is 35.5. The van der Waals surface area contributed by atoms with Gasteiger partial charge in [-0.15, -0.1) is 0 Å². The van der Waals surface area contributed by atoms with Crippen LogP contribution in [0.1, 0.15) is 45.5 Å². The van der Waals surface area contributed by atoms with Crippen molar-refractivity contribution in [2.45, 2.75) is 37.8 Å². The molecule has 0 spiro atoms. The molecule has 0 amide bonds. The van der Waals surface area contributed by atoms with Gasteiger partial charge in [0, 0.05) is 31.2 Å². The molecule has 2 N–H and O–H groups in total. The molecule has 4 aromatic rings. The quantitative estimate of drug-likeness (QED) is 0.304. The predicted molar refractivity (Wildman–Crippen MR) is 177 cm³/mol. The second-order valence-electron chi connectivity index (χ2n) is 14.1. The van der Waals surface area contributed by atoms with Crippen LogP contribution in [-0.2, 0) is 25.7 Å². The van der Waals surface area contributed by atoms with Crippen LogP contribution in [-0.4, -0.2) is 74.7 Å². The van der Waals surface area contributed by atoms with Gasteiger partial charge in [-0.25, -0.2) is 0 Å². The predicted octanol–water partition coefficient (Wildman–Crippen LogP) is 0.854. The molecule has 2 atom stereocenters. The number of hydrogen-bond donors (Lipinski definition) is 2. The minimum absolute atomic E-state index is 0. The van der Waals surface area contributed by atoms with Crippen molar-refractivity contribution in [1.82, 2.24) is 0 Å². The van der Waals surface area contributed by atoms with E-state index in [4.69, 9.17) is 18.9 Å². The molecule has 0 aliphatic carbocycles. The van der Waals surface area contributed by atoms with Crippen molar-refractivity contribution >= 4 is 0 Å². The van der Waals surface area contributed by atoms with Crippen molar-refractivity contribution < 1.29 is 62.9 Å². The van der Waals surface area contributed by atoms with Crippen LogP contribution in [0.15, 0.2) is 60.7 Å². The Bertz CT molecular complexity index is 1830. The molecule has 8 rings (SSSR count). The normalized spacial score (nSPS) is 19.9. The highest BCUT2D eigenvalue weighted by Crippen LogP contribution is 2.51. The summed E-state index contributed by atoms with van der Waals surface area (Å²) in [6, 6.07) is 20.1. The highest BCUT2D eigenvalue weighted by Gasteiger charge is 2.41. The van der Waals surface area contributed by atoms with Gasteiger partial charge < -0.3 is 62.9 Å². The van der Waals surface area contributed by atoms with Gasteiger partial charge in [0.1, 0.15) is 17.8 Å². The first-order valence-corrected chi connectivity index (χ1v) is 16.0. The van der Waals surface area contributed by atoms with Crippen molar-refractivity contribution in [3.05, 3.63) is 94.0 Å². The fraction of sp³-hybridized carbons (Fsp3) is 0.368. The van der Waals surface area contributed by atoms with Crippen molar-refractivity contribution in [1.29, 1.82) is 0 Å². The number of nitrogens with zero attached hydrogens (tertiary/aromatic N) is 2. The van der Waals surface area contributed by atoms with Gasteiger partial charge in [0.2, 0.25) is 5.75 Å². The van der Waals surface area contributed by atoms with E-state index in [1.807, 2.05) is 30.3 Å². The molecule has 48 heavy (non-hydrogen) atoms. The topological polar surface area (TPSA) is 77.4 Å². The minimum Gasteiger partial charge on any atom is -1.00 e. The number of rotatable bonds is 2. The number of benzene rings is 4. The number of phenols is 2. The number of aromatic hydroxyl groups is 2. The monoisotopic (exact) mass is 694 g/mol. The molecule has 4 aliphatic heterocycles. The van der Waals surface area contributed by atoms with Crippen LogP contribution >= 0.6 is 0 Å². The van der Waals surface area contributed by atoms with Crippen LogP contribution in [0.5, 0.6) is 46.0 Å². The number of likely N-dealkylation sites (N-methyl/N-ethyl adjacent to an activating group) is 2. The number of ether oxygens (including phenoxy) is 4. The Morgan fingerprint density at radius 1 is 0.667 bits per heavy atom. The Balaban J connectivity index is 0.00000225. The average molecular weight is 696 g/mol. The number of quaternary nitrogens is 2. The Morgan fingerprint density at radius 3 is 1.96 bits per heavy atom. The lowest BCUT2D eigenvalue weighted by Gasteiger charge is -2.43. The summed E-state index contributed by atoms with van der Waals surface area (Å²) >= 11 is 0. The first kappa shape index (κ1) is 35.5. The van der Waals surface area contributed by atoms with E-state index < -0.39 is 0 Å². The van der Waals surface area contributed by atoms with E-state index in [0.29, 0.717) is 45.4 Å². The number of halogens is 2. The van der Waals surface area contributed by atoms with Crippen molar-refractivity contribution in [3.63, 3.8) is 0 Å². The number of hydrogen-bond acceptors (Lipinski definition) is 6. The molecular weight excluding hydrogens is 651 g/mol. The van der Waals surface area contributed by atoms with Crippen molar-refractivity contribution in [2.24, 2.45) is 0 Å². The molecule has 0 fully saturated rings. The van der Waals surface area contributed by atoms with Crippen molar-refractivity contribution in [3.8, 4) is 46.0 Å². The van der Waals surface area contributed by atoms with Gasteiger partial charge in [-0.1, -0.05) is 18.2 Å². The second-order valence-corrected chi connectivity index (χ2v) is 14.1. The molecule has 0 saturated carbocycles. The standard InChI is InChI=1S/C38H42N2O6.2ClH/c1-39(2)15-13-25-20-33(43-5)34-22-28(25)29(39)17-23-7-10-27(11-8-23)45-38-36-26(21-35(44-6)37(38)42)14-16-40(3,4)30(36)18-24-9-12-31(41)32(19-24)46-34;;/h7-12,19-22,29-30H,13-18H2,1-6H3;2*1H/t29-,30+;;/m0../s1. The lowest BCUT2D eigenvalue weighted by Crippen LogP contribution is -3.00. The zero-order valence-electron chi connectivity index (χ0n) is 28.3. The molecule has 4 heterocycles. The molecule has 0 unspecified atom stereocenters. The molecule has 8 nitrogen and oxygen atoms in total. The van der Waals surface area contributed by atoms with Gasteiger partial charge in [0.25, 0.3) is 0 Å². The fourth-order valence-electron chi connectivity index (χ4n) is 7.61. The summed E-state index contributed by atoms with van der Waals surface area (Å²) in [6.07, 6.45) is 3.21. The van der Waals surface area contributed by atoms with Gasteiger partial charge in [-0.2, -0.15) is 0 Å². The average Bonchev–Trinajstić information content (AvgIpc) is 3.03. The zero-order valence-corrected chi connectivity index (χ0v) is 29.9. The summed E-state index contributed by atoms with van der Waals surface area (Å²) in [4.78, 5) is 0. The summed E-state index contributed by atoms with van der Waals surface area (Å²) in [5.74, 6) is 3.18. The Morgan fingerprint density at radius 2 is 1.27 bits per heavy atom. The Labute approximate surface area is 295 Å². The Kier molecular flexibility index (Phi) is 9.79. The molecule has 4 aliphatic rings. The van der Waals surface area contributed by atoms with E-state index in [9.17, 15) is 10.2 Å². The summed E-state index contributed by atoms with van der Waals surface area (Å²) in [6.45, 7) is 1.91. The molecule has 256 valence electrons. The molecule has 0 saturated heterocycles. The number of fused-ring (bicyclic) bond motifs is 2. The molecule has 10 heteroatoms. The van der Waals surface area contributed by atoms with Crippen molar-refractivity contribution in [2.75, 3.05) is 55.5 Å². The zero-order chi connectivity index (χ0) is 32.4. The van der Waals surface area contributed by atoms with Gasteiger partial charge in [0.15, 0.2) is 34.5 Å². The van der Waals surface area contributed by atoms with E-state index in [2.05, 4.69) is 52.5 Å². The van der Waals surface area contributed by atoms with Gasteiger partial charge in [0.05, 0.1) is 61.1 Å². The largest absolute Gasteiger partial charge is 1.00 e. The first-order chi connectivity index (χ1) is 22.0. The number of methoxy groups -OCH3 is 2. The maximum Gasteiger partial charge on any atom is 0.201 e. The van der Waals surface area contributed by atoms with Crippen LogP contribution in [0, 0.1) is 0 Å². The van der Waals surface area contributed by atoms with E-state index in [0.717, 1.165) is 53.5 Å². The minimum atomic E-state index is -0.0508. The fourth-order valence-corrected chi connectivity index (χ4v) is 7.61. The lowest BCUT2D eigenvalue weighted by molar-refractivity contribution is -0.923. The van der Waals surface area contributed by atoms with E-state index in [-0.39, 0.29) is 48.4 Å². The Hall–Kier alpha value is -3.82. The summed E-state index contributed by atoms with van der Waals surface area (Å²) in [5, 5.41) is 22.5. The first-order valence-electron chi connectivity index (χ1n) is 16.0. The SMILES string of the molecule is COc1cc2c3cc1Oc1cc(ccc1O)C[C@@H]1c4c(cc(OC)c(O)c4Oc4ccc(cc4)C[C@@H]3[N+](C)(C)CC2)CC[N+]1(C)C.[Cl-].[Cl-]. The smallest absolute Gasteiger partial charge is 0.201 e. The van der Waals surface area contributed by atoms with E-state index in [1.165, 1.54) is 16.7 Å². The van der Waals surface area contributed by atoms with E-state index in [1.54, 1.807) is 20.3 Å². The molecule has 6 bridgehead atoms. The third-order valence-electron chi connectivity index (χ3n) is 10.5. The molecule has 0 radical (unpaired) electrons. The third kappa shape index (κ3) is 6.23. The lowest BCUT2D eigenvalue weighted by atomic mass is 9.85. The highest BCUT2D eigenvalue weighted by molar-refractivity contribution is 5.61. The van der Waals surface area contributed by atoms with E-state index >= 15 is 0 Å². The summed E-state index contributed by atoms with van der Waals surface area (Å²) < 4.78 is 26.1. The second kappa shape index (κ2) is 13.2. The van der Waals surface area contributed by atoms with Gasteiger partial charge in [-0.3, -0.25) is 0 Å². The number of phenolic OH excluding ortho intramolecular Hbond substituents is 2. The van der Waals surface area contributed by atoms with Crippen LogP contribution in [0.2, 0.25) is 0 Å². The summed E-state index contributed by atoms with van der Waals surface area (Å²) in [7, 11) is 12.2.